The Morgan fingerprint density at radius 3 is 2.64 bits per heavy atom. The summed E-state index contributed by atoms with van der Waals surface area (Å²) in [6.45, 7) is 6.52. The topological polar surface area (TPSA) is 20.2 Å². The number of hydrogen-bond acceptors (Lipinski definition) is 1. The van der Waals surface area contributed by atoms with E-state index in [1.54, 1.807) is 0 Å². The fraction of sp³-hybridized carbons (Fsp3) is 0.538. The molecule has 0 saturated carbocycles. The van der Waals surface area contributed by atoms with E-state index in [9.17, 15) is 5.11 Å². The maximum absolute atomic E-state index is 10.3. The summed E-state index contributed by atoms with van der Waals surface area (Å²) < 4.78 is 0. The Morgan fingerprint density at radius 2 is 1.93 bits per heavy atom. The number of benzene rings is 1. The van der Waals surface area contributed by atoms with Gasteiger partial charge in [-0.1, -0.05) is 45.0 Å². The molecule has 1 nitrogen and oxygen atoms in total. The van der Waals surface area contributed by atoms with Crippen LogP contribution in [-0.4, -0.2) is 5.11 Å². The van der Waals surface area contributed by atoms with Crippen molar-refractivity contribution in [2.24, 2.45) is 11.3 Å². The monoisotopic (exact) mass is 190 g/mol. The van der Waals surface area contributed by atoms with E-state index in [2.05, 4.69) is 32.9 Å². The average molecular weight is 190 g/mol. The Kier molecular flexibility index (Phi) is 2.15. The maximum Gasteiger partial charge on any atom is 0.0846 e. The van der Waals surface area contributed by atoms with E-state index in [1.165, 1.54) is 5.56 Å². The molecular formula is C13H18O. The van der Waals surface area contributed by atoms with E-state index in [1.807, 2.05) is 12.1 Å². The smallest absolute Gasteiger partial charge is 0.0846 e. The third-order valence-corrected chi connectivity index (χ3v) is 3.85. The van der Waals surface area contributed by atoms with Crippen molar-refractivity contribution in [1.82, 2.24) is 0 Å². The van der Waals surface area contributed by atoms with Gasteiger partial charge >= 0.3 is 0 Å². The molecule has 1 aromatic carbocycles. The first-order chi connectivity index (χ1) is 6.53. The second kappa shape index (κ2) is 3.09. The molecule has 0 saturated heterocycles. The minimum atomic E-state index is -0.317. The van der Waals surface area contributed by atoms with Crippen LogP contribution < -0.4 is 0 Å². The van der Waals surface area contributed by atoms with Gasteiger partial charge in [-0.15, -0.1) is 0 Å². The normalized spacial score (nSPS) is 29.7. The highest BCUT2D eigenvalue weighted by Gasteiger charge is 2.39. The number of hydrogen-bond donors (Lipinski definition) is 1. The van der Waals surface area contributed by atoms with Gasteiger partial charge in [0.25, 0.3) is 0 Å². The summed E-state index contributed by atoms with van der Waals surface area (Å²) in [5.41, 5.74) is 2.43. The quantitative estimate of drug-likeness (QED) is 0.667. The van der Waals surface area contributed by atoms with Gasteiger partial charge in [-0.25, -0.2) is 0 Å². The summed E-state index contributed by atoms with van der Waals surface area (Å²) >= 11 is 0. The van der Waals surface area contributed by atoms with Crippen molar-refractivity contribution in [3.63, 3.8) is 0 Å². The molecule has 1 aromatic rings. The van der Waals surface area contributed by atoms with Crippen LogP contribution in [-0.2, 0) is 6.42 Å². The Bertz CT molecular complexity index is 341. The molecule has 0 unspecified atom stereocenters. The van der Waals surface area contributed by atoms with Gasteiger partial charge < -0.3 is 5.11 Å². The van der Waals surface area contributed by atoms with Crippen LogP contribution in [0.2, 0.25) is 0 Å². The standard InChI is InChI=1S/C13H18O/c1-9-8-10-6-4-5-7-11(10)12(14)13(9,2)3/h4-7,9,12,14H,8H2,1-3H3/t9-,12-/m1/s1. The van der Waals surface area contributed by atoms with E-state index in [0.717, 1.165) is 12.0 Å². The molecule has 0 amide bonds. The average Bonchev–Trinajstić information content (AvgIpc) is 2.15. The van der Waals surface area contributed by atoms with Gasteiger partial charge in [-0.3, -0.25) is 0 Å². The molecule has 0 spiro atoms. The summed E-state index contributed by atoms with van der Waals surface area (Å²) in [6.07, 6.45) is 0.766. The molecule has 0 radical (unpaired) electrons. The van der Waals surface area contributed by atoms with Crippen LogP contribution >= 0.6 is 0 Å². The lowest BCUT2D eigenvalue weighted by Crippen LogP contribution is -2.35. The molecule has 0 aromatic heterocycles. The lowest BCUT2D eigenvalue weighted by atomic mass is 9.65. The summed E-state index contributed by atoms with van der Waals surface area (Å²) in [5, 5.41) is 10.3. The van der Waals surface area contributed by atoms with Gasteiger partial charge in [0.05, 0.1) is 6.10 Å². The van der Waals surface area contributed by atoms with E-state index in [0.29, 0.717) is 5.92 Å². The van der Waals surface area contributed by atoms with Gasteiger partial charge in [0.1, 0.15) is 0 Å². The van der Waals surface area contributed by atoms with Crippen LogP contribution in [0.5, 0.6) is 0 Å². The first kappa shape index (κ1) is 9.72. The van der Waals surface area contributed by atoms with E-state index >= 15 is 0 Å². The van der Waals surface area contributed by atoms with Gasteiger partial charge in [-0.2, -0.15) is 0 Å². The zero-order chi connectivity index (χ0) is 10.3. The first-order valence-corrected chi connectivity index (χ1v) is 5.29. The van der Waals surface area contributed by atoms with Crippen LogP contribution in [0, 0.1) is 11.3 Å². The molecule has 14 heavy (non-hydrogen) atoms. The van der Waals surface area contributed by atoms with Crippen molar-refractivity contribution in [2.75, 3.05) is 0 Å². The summed E-state index contributed by atoms with van der Waals surface area (Å²) in [5.74, 6) is 0.535. The fourth-order valence-corrected chi connectivity index (χ4v) is 2.25. The number of aliphatic hydroxyl groups excluding tert-OH is 1. The Labute approximate surface area is 85.8 Å². The van der Waals surface area contributed by atoms with Crippen LogP contribution in [0.15, 0.2) is 24.3 Å². The summed E-state index contributed by atoms with van der Waals surface area (Å²) in [6, 6.07) is 8.24. The van der Waals surface area contributed by atoms with E-state index < -0.39 is 0 Å². The molecule has 0 aliphatic heterocycles. The van der Waals surface area contributed by atoms with E-state index in [-0.39, 0.29) is 11.5 Å². The second-order valence-corrected chi connectivity index (χ2v) is 5.03. The highest BCUT2D eigenvalue weighted by Crippen LogP contribution is 2.46. The largest absolute Gasteiger partial charge is 0.388 e. The van der Waals surface area contributed by atoms with Crippen molar-refractivity contribution in [3.8, 4) is 0 Å². The third kappa shape index (κ3) is 1.27. The zero-order valence-corrected chi connectivity index (χ0v) is 9.12. The molecule has 2 atom stereocenters. The van der Waals surface area contributed by atoms with Gasteiger partial charge in [0.2, 0.25) is 0 Å². The summed E-state index contributed by atoms with van der Waals surface area (Å²) in [4.78, 5) is 0. The molecule has 0 bridgehead atoms. The van der Waals surface area contributed by atoms with Crippen LogP contribution in [0.4, 0.5) is 0 Å². The van der Waals surface area contributed by atoms with E-state index in [4.69, 9.17) is 0 Å². The molecule has 1 aliphatic carbocycles. The summed E-state index contributed by atoms with van der Waals surface area (Å²) in [7, 11) is 0. The molecule has 1 N–H and O–H groups in total. The molecule has 0 fully saturated rings. The molecule has 1 heteroatoms. The highest BCUT2D eigenvalue weighted by atomic mass is 16.3. The van der Waals surface area contributed by atoms with Crippen molar-refractivity contribution in [1.29, 1.82) is 0 Å². The van der Waals surface area contributed by atoms with Gasteiger partial charge in [0.15, 0.2) is 0 Å². The number of aliphatic hydroxyl groups is 1. The number of fused-ring (bicyclic) bond motifs is 1. The lowest BCUT2D eigenvalue weighted by molar-refractivity contribution is -0.000955. The highest BCUT2D eigenvalue weighted by molar-refractivity contribution is 5.33. The third-order valence-electron chi connectivity index (χ3n) is 3.85. The predicted molar refractivity (Wildman–Crippen MR) is 58.1 cm³/mol. The Balaban J connectivity index is 2.49. The maximum atomic E-state index is 10.3. The fourth-order valence-electron chi connectivity index (χ4n) is 2.25. The van der Waals surface area contributed by atoms with Gasteiger partial charge in [-0.05, 0) is 28.9 Å². The SMILES string of the molecule is C[C@@H]1Cc2ccccc2[C@@H](O)C1(C)C. The Hall–Kier alpha value is -0.820. The van der Waals surface area contributed by atoms with Gasteiger partial charge in [0, 0.05) is 0 Å². The predicted octanol–water partition coefficient (Wildman–Crippen LogP) is 2.94. The second-order valence-electron chi connectivity index (χ2n) is 5.03. The molecule has 76 valence electrons. The number of rotatable bonds is 0. The molecular weight excluding hydrogens is 172 g/mol. The van der Waals surface area contributed by atoms with Crippen molar-refractivity contribution in [2.45, 2.75) is 33.3 Å². The van der Waals surface area contributed by atoms with Crippen LogP contribution in [0.3, 0.4) is 0 Å². The van der Waals surface area contributed by atoms with Crippen LogP contribution in [0.25, 0.3) is 0 Å². The lowest BCUT2D eigenvalue weighted by Gasteiger charge is -2.42. The first-order valence-electron chi connectivity index (χ1n) is 5.29. The molecule has 0 heterocycles. The van der Waals surface area contributed by atoms with Crippen molar-refractivity contribution in [3.05, 3.63) is 35.4 Å². The van der Waals surface area contributed by atoms with Crippen LogP contribution in [0.1, 0.15) is 38.0 Å². The van der Waals surface area contributed by atoms with Crippen molar-refractivity contribution >= 4 is 0 Å². The zero-order valence-electron chi connectivity index (χ0n) is 9.12. The molecule has 2 rings (SSSR count). The van der Waals surface area contributed by atoms with Crippen molar-refractivity contribution < 1.29 is 5.11 Å². The minimum absolute atomic E-state index is 0.00560. The Morgan fingerprint density at radius 1 is 1.29 bits per heavy atom. The minimum Gasteiger partial charge on any atom is -0.388 e. The molecule has 1 aliphatic rings.